The number of anilines is 1. The van der Waals surface area contributed by atoms with Gasteiger partial charge in [0.05, 0.1) is 5.56 Å². The van der Waals surface area contributed by atoms with Gasteiger partial charge in [0.25, 0.3) is 5.91 Å². The Balaban J connectivity index is 1.53. The van der Waals surface area contributed by atoms with Crippen LogP contribution in [0.1, 0.15) is 27.7 Å². The van der Waals surface area contributed by atoms with E-state index in [1.54, 1.807) is 23.1 Å². The fourth-order valence-electron chi connectivity index (χ4n) is 3.91. The van der Waals surface area contributed by atoms with Gasteiger partial charge in [0.1, 0.15) is 11.9 Å². The van der Waals surface area contributed by atoms with Gasteiger partial charge in [-0.1, -0.05) is 36.4 Å². The first-order chi connectivity index (χ1) is 15.6. The average molecular weight is 432 g/mol. The molecule has 0 spiro atoms. The number of carboxylic acids is 1. The van der Waals surface area contributed by atoms with E-state index < -0.39 is 18.7 Å². The first-order valence-electron chi connectivity index (χ1n) is 10.1. The van der Waals surface area contributed by atoms with Gasteiger partial charge in [0, 0.05) is 17.8 Å². The maximum atomic E-state index is 13.5. The molecule has 1 amide bonds. The minimum atomic E-state index is -1.07. The second kappa shape index (κ2) is 8.14. The number of carbonyl (C=O) groups excluding carboxylic acids is 1. The first kappa shape index (κ1) is 19.7. The molecule has 1 unspecified atom stereocenters. The Morgan fingerprint density at radius 3 is 2.72 bits per heavy atom. The standard InChI is InChI=1S/C24H20N2O6/c27-22(28)13-30-19-8-4-2-6-17(19)23-25-18-7-3-1-5-16(18)24(29)26(23)12-15-9-10-20-21(11-15)32-14-31-20/h1-11,23,25H,12-14H2,(H,27,28). The van der Waals surface area contributed by atoms with Crippen LogP contribution in [0, 0.1) is 0 Å². The number of para-hydroxylation sites is 2. The van der Waals surface area contributed by atoms with E-state index in [2.05, 4.69) is 5.32 Å². The van der Waals surface area contributed by atoms with Crippen LogP contribution in [-0.2, 0) is 11.3 Å². The quantitative estimate of drug-likeness (QED) is 0.614. The van der Waals surface area contributed by atoms with Crippen LogP contribution >= 0.6 is 0 Å². The topological polar surface area (TPSA) is 97.3 Å². The van der Waals surface area contributed by atoms with Crippen LogP contribution < -0.4 is 19.5 Å². The normalized spacial score (nSPS) is 16.3. The molecule has 8 nitrogen and oxygen atoms in total. The highest BCUT2D eigenvalue weighted by Gasteiger charge is 2.34. The molecule has 0 bridgehead atoms. The summed E-state index contributed by atoms with van der Waals surface area (Å²) < 4.78 is 16.4. The number of carbonyl (C=O) groups is 2. The molecule has 8 heteroatoms. The van der Waals surface area contributed by atoms with Crippen molar-refractivity contribution in [3.05, 3.63) is 83.4 Å². The second-order valence-corrected chi connectivity index (χ2v) is 7.43. The fraction of sp³-hybridized carbons (Fsp3) is 0.167. The number of hydrogen-bond acceptors (Lipinski definition) is 6. The van der Waals surface area contributed by atoms with Gasteiger partial charge in [-0.3, -0.25) is 4.79 Å². The maximum Gasteiger partial charge on any atom is 0.341 e. The van der Waals surface area contributed by atoms with Crippen LogP contribution in [0.4, 0.5) is 5.69 Å². The molecule has 0 saturated carbocycles. The van der Waals surface area contributed by atoms with Crippen molar-refractivity contribution in [2.75, 3.05) is 18.7 Å². The zero-order chi connectivity index (χ0) is 22.1. The van der Waals surface area contributed by atoms with Crippen molar-refractivity contribution >= 4 is 17.6 Å². The van der Waals surface area contributed by atoms with E-state index in [9.17, 15) is 9.59 Å². The monoisotopic (exact) mass is 432 g/mol. The molecule has 0 aliphatic carbocycles. The number of carboxylic acid groups (broad SMARTS) is 1. The van der Waals surface area contributed by atoms with Crippen molar-refractivity contribution in [3.8, 4) is 17.2 Å². The van der Waals surface area contributed by atoms with Gasteiger partial charge in [0.2, 0.25) is 6.79 Å². The molecule has 0 saturated heterocycles. The molecule has 5 rings (SSSR count). The Bertz CT molecular complexity index is 1190. The molecule has 0 aromatic heterocycles. The lowest BCUT2D eigenvalue weighted by atomic mass is 10.0. The van der Waals surface area contributed by atoms with Gasteiger partial charge in [-0.05, 0) is 35.9 Å². The number of amides is 1. The first-order valence-corrected chi connectivity index (χ1v) is 10.1. The van der Waals surface area contributed by atoms with Crippen LogP contribution in [0.3, 0.4) is 0 Å². The van der Waals surface area contributed by atoms with E-state index in [0.29, 0.717) is 40.6 Å². The summed E-state index contributed by atoms with van der Waals surface area (Å²) in [6.07, 6.45) is -0.562. The van der Waals surface area contributed by atoms with Gasteiger partial charge in [-0.15, -0.1) is 0 Å². The SMILES string of the molecule is O=C(O)COc1ccccc1C1Nc2ccccc2C(=O)N1Cc1ccc2c(c1)OCO2. The number of aliphatic carboxylic acids is 1. The fourth-order valence-corrected chi connectivity index (χ4v) is 3.91. The summed E-state index contributed by atoms with van der Waals surface area (Å²) in [5.74, 6) is 0.494. The van der Waals surface area contributed by atoms with Crippen molar-refractivity contribution in [1.29, 1.82) is 0 Å². The summed E-state index contributed by atoms with van der Waals surface area (Å²) in [5, 5.41) is 12.5. The number of benzene rings is 3. The van der Waals surface area contributed by atoms with Crippen molar-refractivity contribution in [2.24, 2.45) is 0 Å². The van der Waals surface area contributed by atoms with Crippen molar-refractivity contribution in [1.82, 2.24) is 4.90 Å². The molecule has 2 heterocycles. The molecule has 2 N–H and O–H groups in total. The van der Waals surface area contributed by atoms with Gasteiger partial charge >= 0.3 is 5.97 Å². The molecule has 32 heavy (non-hydrogen) atoms. The summed E-state index contributed by atoms with van der Waals surface area (Å²) in [4.78, 5) is 26.3. The molecule has 2 aliphatic heterocycles. The molecule has 3 aromatic carbocycles. The van der Waals surface area contributed by atoms with Crippen molar-refractivity contribution in [3.63, 3.8) is 0 Å². The summed E-state index contributed by atoms with van der Waals surface area (Å²) in [6, 6.07) is 20.0. The highest BCUT2D eigenvalue weighted by molar-refractivity contribution is 6.01. The van der Waals surface area contributed by atoms with Crippen LogP contribution in [-0.4, -0.2) is 35.3 Å². The molecule has 2 aliphatic rings. The minimum absolute atomic E-state index is 0.143. The van der Waals surface area contributed by atoms with E-state index in [1.807, 2.05) is 48.5 Å². The Labute approximate surface area is 183 Å². The molecular weight excluding hydrogens is 412 g/mol. The predicted molar refractivity (Wildman–Crippen MR) is 115 cm³/mol. The van der Waals surface area contributed by atoms with E-state index in [1.165, 1.54) is 0 Å². The van der Waals surface area contributed by atoms with Crippen LogP contribution in [0.2, 0.25) is 0 Å². The summed E-state index contributed by atoms with van der Waals surface area (Å²) >= 11 is 0. The van der Waals surface area contributed by atoms with Gasteiger partial charge < -0.3 is 29.5 Å². The van der Waals surface area contributed by atoms with Crippen LogP contribution in [0.25, 0.3) is 0 Å². The number of nitrogens with one attached hydrogen (secondary N) is 1. The molecule has 0 fully saturated rings. The maximum absolute atomic E-state index is 13.5. The van der Waals surface area contributed by atoms with Crippen LogP contribution in [0.15, 0.2) is 66.7 Å². The van der Waals surface area contributed by atoms with E-state index in [-0.39, 0.29) is 12.7 Å². The van der Waals surface area contributed by atoms with Gasteiger partial charge in [-0.2, -0.15) is 0 Å². The zero-order valence-corrected chi connectivity index (χ0v) is 17.0. The summed E-state index contributed by atoms with van der Waals surface area (Å²) in [5.41, 5.74) is 2.81. The largest absolute Gasteiger partial charge is 0.481 e. The molecule has 1 atom stereocenters. The van der Waals surface area contributed by atoms with Gasteiger partial charge in [0.15, 0.2) is 18.1 Å². The lowest BCUT2D eigenvalue weighted by Crippen LogP contribution is -2.42. The molecular formula is C24H20N2O6. The second-order valence-electron chi connectivity index (χ2n) is 7.43. The third kappa shape index (κ3) is 3.66. The van der Waals surface area contributed by atoms with E-state index in [0.717, 1.165) is 5.56 Å². The van der Waals surface area contributed by atoms with Crippen molar-refractivity contribution in [2.45, 2.75) is 12.7 Å². The third-order valence-corrected chi connectivity index (χ3v) is 5.38. The smallest absolute Gasteiger partial charge is 0.341 e. The highest BCUT2D eigenvalue weighted by Crippen LogP contribution is 2.39. The lowest BCUT2D eigenvalue weighted by Gasteiger charge is -2.38. The summed E-state index contributed by atoms with van der Waals surface area (Å²) in [7, 11) is 0. The Morgan fingerprint density at radius 2 is 1.84 bits per heavy atom. The van der Waals surface area contributed by atoms with Gasteiger partial charge in [-0.25, -0.2) is 4.79 Å². The Hall–Kier alpha value is -4.20. The van der Waals surface area contributed by atoms with Crippen LogP contribution in [0.5, 0.6) is 17.2 Å². The highest BCUT2D eigenvalue weighted by atomic mass is 16.7. The Morgan fingerprint density at radius 1 is 1.06 bits per heavy atom. The Kier molecular flexibility index (Phi) is 5.03. The number of rotatable bonds is 6. The predicted octanol–water partition coefficient (Wildman–Crippen LogP) is 3.65. The van der Waals surface area contributed by atoms with Crippen molar-refractivity contribution < 1.29 is 28.9 Å². The summed E-state index contributed by atoms with van der Waals surface area (Å²) in [6.45, 7) is -0.00154. The molecule has 0 radical (unpaired) electrons. The zero-order valence-electron chi connectivity index (χ0n) is 17.0. The average Bonchev–Trinajstić information content (AvgIpc) is 3.28. The molecule has 162 valence electrons. The molecule has 3 aromatic rings. The van der Waals surface area contributed by atoms with E-state index in [4.69, 9.17) is 19.3 Å². The number of hydrogen-bond donors (Lipinski definition) is 2. The third-order valence-electron chi connectivity index (χ3n) is 5.38. The number of nitrogens with zero attached hydrogens (tertiary/aromatic N) is 1. The minimum Gasteiger partial charge on any atom is -0.481 e. The lowest BCUT2D eigenvalue weighted by molar-refractivity contribution is -0.139. The van der Waals surface area contributed by atoms with E-state index >= 15 is 0 Å². The number of ether oxygens (including phenoxy) is 3. The number of fused-ring (bicyclic) bond motifs is 2.